The first kappa shape index (κ1) is 14.1. The van der Waals surface area contributed by atoms with Crippen LogP contribution in [0.25, 0.3) is 5.69 Å². The van der Waals surface area contributed by atoms with Crippen LogP contribution in [-0.4, -0.2) is 33.5 Å². The van der Waals surface area contributed by atoms with Crippen molar-refractivity contribution in [1.82, 2.24) is 20.1 Å². The first-order chi connectivity index (χ1) is 10.1. The maximum absolute atomic E-state index is 5.96. The number of para-hydroxylation sites is 1. The minimum absolute atomic E-state index is 0.105. The zero-order valence-electron chi connectivity index (χ0n) is 12.8. The van der Waals surface area contributed by atoms with Gasteiger partial charge in [0.2, 0.25) is 0 Å². The molecule has 0 amide bonds. The van der Waals surface area contributed by atoms with E-state index in [0.29, 0.717) is 12.1 Å². The van der Waals surface area contributed by atoms with Gasteiger partial charge in [0.1, 0.15) is 12.4 Å². The fourth-order valence-electron chi connectivity index (χ4n) is 2.81. The van der Waals surface area contributed by atoms with E-state index in [0.717, 1.165) is 18.7 Å². The Morgan fingerprint density at radius 3 is 2.76 bits per heavy atom. The minimum atomic E-state index is 0.105. The molecular weight excluding hydrogens is 264 g/mol. The number of ether oxygens (including phenoxy) is 1. The van der Waals surface area contributed by atoms with Crippen molar-refractivity contribution in [2.45, 2.75) is 39.3 Å². The standard InChI is InChI=1S/C16H22N4O/c1-4-17-13-10-14(16(13,2)3)21-15-18-11-20(19-15)12-8-6-5-7-9-12/h5-9,11,13-14,17H,4,10H2,1-3H3. The summed E-state index contributed by atoms with van der Waals surface area (Å²) in [6.07, 6.45) is 2.85. The molecule has 112 valence electrons. The summed E-state index contributed by atoms with van der Waals surface area (Å²) in [6.45, 7) is 7.57. The predicted octanol–water partition coefficient (Wildman–Crippen LogP) is 2.42. The number of rotatable bonds is 5. The zero-order chi connectivity index (χ0) is 14.9. The van der Waals surface area contributed by atoms with Gasteiger partial charge in [-0.05, 0) is 18.7 Å². The Hall–Kier alpha value is -1.88. The topological polar surface area (TPSA) is 52.0 Å². The summed E-state index contributed by atoms with van der Waals surface area (Å²) in [7, 11) is 0. The zero-order valence-corrected chi connectivity index (χ0v) is 12.8. The molecule has 5 heteroatoms. The van der Waals surface area contributed by atoms with Crippen molar-refractivity contribution < 1.29 is 4.74 Å². The first-order valence-corrected chi connectivity index (χ1v) is 7.48. The monoisotopic (exact) mass is 286 g/mol. The lowest BCUT2D eigenvalue weighted by Crippen LogP contribution is -2.62. The Labute approximate surface area is 125 Å². The normalized spacial score (nSPS) is 23.6. The molecule has 21 heavy (non-hydrogen) atoms. The second-order valence-corrected chi connectivity index (χ2v) is 6.08. The summed E-state index contributed by atoms with van der Waals surface area (Å²) in [4.78, 5) is 4.26. The van der Waals surface area contributed by atoms with E-state index in [2.05, 4.69) is 36.2 Å². The van der Waals surface area contributed by atoms with Gasteiger partial charge in [0, 0.05) is 17.9 Å². The molecule has 1 heterocycles. The molecule has 2 atom stereocenters. The van der Waals surface area contributed by atoms with Gasteiger partial charge in [0.15, 0.2) is 0 Å². The van der Waals surface area contributed by atoms with Gasteiger partial charge in [0.25, 0.3) is 0 Å². The molecule has 2 unspecified atom stereocenters. The quantitative estimate of drug-likeness (QED) is 0.917. The molecular formula is C16H22N4O. The van der Waals surface area contributed by atoms with Crippen molar-refractivity contribution in [3.05, 3.63) is 36.7 Å². The van der Waals surface area contributed by atoms with E-state index in [4.69, 9.17) is 4.74 Å². The molecule has 2 aromatic rings. The second-order valence-electron chi connectivity index (χ2n) is 6.08. The minimum Gasteiger partial charge on any atom is -0.458 e. The fraction of sp³-hybridized carbons (Fsp3) is 0.500. The van der Waals surface area contributed by atoms with Gasteiger partial charge in [0.05, 0.1) is 5.69 Å². The molecule has 1 aromatic heterocycles. The third kappa shape index (κ3) is 2.65. The highest BCUT2D eigenvalue weighted by molar-refractivity contribution is 5.29. The third-order valence-electron chi connectivity index (χ3n) is 4.37. The van der Waals surface area contributed by atoms with Crippen LogP contribution in [0.3, 0.4) is 0 Å². The van der Waals surface area contributed by atoms with Crippen LogP contribution in [0.1, 0.15) is 27.2 Å². The van der Waals surface area contributed by atoms with Crippen LogP contribution >= 0.6 is 0 Å². The molecule has 3 rings (SSSR count). The first-order valence-electron chi connectivity index (χ1n) is 7.48. The van der Waals surface area contributed by atoms with E-state index in [9.17, 15) is 0 Å². The SMILES string of the molecule is CCNC1CC(Oc2ncn(-c3ccccc3)n2)C1(C)C. The average Bonchev–Trinajstić information content (AvgIpc) is 2.96. The van der Waals surface area contributed by atoms with Crippen LogP contribution in [0.4, 0.5) is 0 Å². The van der Waals surface area contributed by atoms with Gasteiger partial charge in [-0.25, -0.2) is 4.68 Å². The number of benzene rings is 1. The highest BCUT2D eigenvalue weighted by Gasteiger charge is 2.49. The van der Waals surface area contributed by atoms with E-state index in [1.807, 2.05) is 30.3 Å². The van der Waals surface area contributed by atoms with Crippen LogP contribution in [0.15, 0.2) is 36.7 Å². The van der Waals surface area contributed by atoms with Crippen molar-refractivity contribution >= 4 is 0 Å². The molecule has 1 aromatic carbocycles. The van der Waals surface area contributed by atoms with E-state index >= 15 is 0 Å². The van der Waals surface area contributed by atoms with Gasteiger partial charge in [-0.1, -0.05) is 39.0 Å². The number of aromatic nitrogens is 3. The molecule has 5 nitrogen and oxygen atoms in total. The Kier molecular flexibility index (Phi) is 3.68. The van der Waals surface area contributed by atoms with Crippen LogP contribution in [0.5, 0.6) is 6.01 Å². The summed E-state index contributed by atoms with van der Waals surface area (Å²) in [5.74, 6) is 0. The van der Waals surface area contributed by atoms with Crippen molar-refractivity contribution in [3.63, 3.8) is 0 Å². The number of hydrogen-bond donors (Lipinski definition) is 1. The van der Waals surface area contributed by atoms with Crippen molar-refractivity contribution in [2.24, 2.45) is 5.41 Å². The molecule has 0 radical (unpaired) electrons. The Bertz CT molecular complexity index is 593. The van der Waals surface area contributed by atoms with E-state index < -0.39 is 0 Å². The van der Waals surface area contributed by atoms with Crippen LogP contribution in [0, 0.1) is 5.41 Å². The summed E-state index contributed by atoms with van der Waals surface area (Å²) >= 11 is 0. The molecule has 1 aliphatic rings. The molecule has 0 bridgehead atoms. The van der Waals surface area contributed by atoms with Crippen molar-refractivity contribution in [3.8, 4) is 11.7 Å². The summed E-state index contributed by atoms with van der Waals surface area (Å²) in [6, 6.07) is 10.9. The predicted molar refractivity (Wildman–Crippen MR) is 81.6 cm³/mol. The van der Waals surface area contributed by atoms with Crippen molar-refractivity contribution in [2.75, 3.05) is 6.54 Å². The number of nitrogens with one attached hydrogen (secondary N) is 1. The van der Waals surface area contributed by atoms with E-state index in [-0.39, 0.29) is 11.5 Å². The van der Waals surface area contributed by atoms with Crippen molar-refractivity contribution in [1.29, 1.82) is 0 Å². The van der Waals surface area contributed by atoms with Gasteiger partial charge >= 0.3 is 6.01 Å². The lowest BCUT2D eigenvalue weighted by molar-refractivity contribution is -0.0587. The lowest BCUT2D eigenvalue weighted by Gasteiger charge is -2.51. The number of nitrogens with zero attached hydrogens (tertiary/aromatic N) is 3. The maximum atomic E-state index is 5.96. The molecule has 0 spiro atoms. The van der Waals surface area contributed by atoms with Gasteiger partial charge < -0.3 is 10.1 Å². The summed E-state index contributed by atoms with van der Waals surface area (Å²) in [5, 5.41) is 7.89. The largest absolute Gasteiger partial charge is 0.458 e. The van der Waals surface area contributed by atoms with E-state index in [1.54, 1.807) is 11.0 Å². The average molecular weight is 286 g/mol. The van der Waals surface area contributed by atoms with Gasteiger partial charge in [-0.15, -0.1) is 5.10 Å². The number of hydrogen-bond acceptors (Lipinski definition) is 4. The van der Waals surface area contributed by atoms with Gasteiger partial charge in [-0.2, -0.15) is 4.98 Å². The highest BCUT2D eigenvalue weighted by atomic mass is 16.5. The van der Waals surface area contributed by atoms with Crippen LogP contribution < -0.4 is 10.1 Å². The lowest BCUT2D eigenvalue weighted by atomic mass is 9.64. The van der Waals surface area contributed by atoms with Crippen LogP contribution in [0.2, 0.25) is 0 Å². The molecule has 1 aliphatic carbocycles. The fourth-order valence-corrected chi connectivity index (χ4v) is 2.81. The second kappa shape index (κ2) is 5.48. The Balaban J connectivity index is 1.66. The van der Waals surface area contributed by atoms with Gasteiger partial charge in [-0.3, -0.25) is 0 Å². The third-order valence-corrected chi connectivity index (χ3v) is 4.37. The van der Waals surface area contributed by atoms with Crippen LogP contribution in [-0.2, 0) is 0 Å². The summed E-state index contributed by atoms with van der Waals surface area (Å²) < 4.78 is 7.70. The molecule has 1 saturated carbocycles. The van der Waals surface area contributed by atoms with E-state index in [1.165, 1.54) is 0 Å². The maximum Gasteiger partial charge on any atom is 0.336 e. The highest BCUT2D eigenvalue weighted by Crippen LogP contribution is 2.42. The molecule has 0 aliphatic heterocycles. The molecule has 1 fully saturated rings. The molecule has 0 saturated heterocycles. The Morgan fingerprint density at radius 2 is 2.10 bits per heavy atom. The smallest absolute Gasteiger partial charge is 0.336 e. The summed E-state index contributed by atoms with van der Waals surface area (Å²) in [5.41, 5.74) is 1.09. The Morgan fingerprint density at radius 1 is 1.33 bits per heavy atom. The molecule has 1 N–H and O–H groups in total.